The predicted molar refractivity (Wildman–Crippen MR) is 149 cm³/mol. The first-order chi connectivity index (χ1) is 17.5. The van der Waals surface area contributed by atoms with Gasteiger partial charge in [0.1, 0.15) is 5.82 Å². The van der Waals surface area contributed by atoms with Crippen molar-refractivity contribution in [1.29, 1.82) is 0 Å². The van der Waals surface area contributed by atoms with E-state index in [1.165, 1.54) is 19.0 Å². The second-order valence-electron chi connectivity index (χ2n) is 9.28. The van der Waals surface area contributed by atoms with Crippen LogP contribution in [0.1, 0.15) is 20.3 Å². The molecule has 2 saturated heterocycles. The van der Waals surface area contributed by atoms with Gasteiger partial charge in [0, 0.05) is 40.6 Å². The van der Waals surface area contributed by atoms with Gasteiger partial charge in [-0.1, -0.05) is 72.9 Å². The lowest BCUT2D eigenvalue weighted by atomic mass is 10.1. The van der Waals surface area contributed by atoms with Crippen molar-refractivity contribution in [2.45, 2.75) is 31.8 Å². The number of pyridine rings is 2. The number of rotatable bonds is 4. The highest BCUT2D eigenvalue weighted by Crippen LogP contribution is 2.66. The Morgan fingerprint density at radius 3 is 2.36 bits per heavy atom. The van der Waals surface area contributed by atoms with E-state index in [-0.39, 0.29) is 5.56 Å². The van der Waals surface area contributed by atoms with Crippen LogP contribution in [0, 0.1) is 5.92 Å². The molecule has 36 heavy (non-hydrogen) atoms. The third-order valence-corrected chi connectivity index (χ3v) is 8.54. The average molecular weight is 540 g/mol. The smallest absolute Gasteiger partial charge is 0.255 e. The second-order valence-corrected chi connectivity index (χ2v) is 10.5. The highest BCUT2D eigenvalue weighted by molar-refractivity contribution is 6.38. The van der Waals surface area contributed by atoms with Crippen LogP contribution in [0.3, 0.4) is 0 Å². The molecule has 2 aromatic carbocycles. The molecule has 4 heterocycles. The van der Waals surface area contributed by atoms with Crippen LogP contribution < -0.4 is 10.9 Å². The van der Waals surface area contributed by atoms with E-state index in [4.69, 9.17) is 39.8 Å². The molecule has 2 aliphatic heterocycles. The number of fused-ring (bicyclic) bond motifs is 1. The first-order valence-corrected chi connectivity index (χ1v) is 13.4. The molecule has 0 bridgehead atoms. The van der Waals surface area contributed by atoms with Gasteiger partial charge in [0.15, 0.2) is 0 Å². The molecule has 1 N–H and O–H groups in total. The fourth-order valence-corrected chi connectivity index (χ4v) is 6.70. The molecule has 8 heteroatoms. The lowest BCUT2D eigenvalue weighted by Crippen LogP contribution is -2.20. The van der Waals surface area contributed by atoms with Crippen molar-refractivity contribution in [2.24, 2.45) is 5.92 Å². The zero-order valence-electron chi connectivity index (χ0n) is 19.9. The third kappa shape index (κ3) is 3.48. The van der Waals surface area contributed by atoms with Gasteiger partial charge in [-0.3, -0.25) is 14.3 Å². The van der Waals surface area contributed by atoms with Crippen LogP contribution >= 0.6 is 34.8 Å². The summed E-state index contributed by atoms with van der Waals surface area (Å²) < 4.78 is 1.57. The van der Waals surface area contributed by atoms with Crippen LogP contribution in [0.4, 0.5) is 5.82 Å². The van der Waals surface area contributed by atoms with E-state index in [2.05, 4.69) is 10.2 Å². The van der Waals surface area contributed by atoms with Crippen molar-refractivity contribution in [3.05, 3.63) is 86.1 Å². The van der Waals surface area contributed by atoms with Gasteiger partial charge in [0.25, 0.3) is 5.56 Å². The van der Waals surface area contributed by atoms with Gasteiger partial charge < -0.3 is 5.32 Å². The topological polar surface area (TPSA) is 49.9 Å². The fourth-order valence-electron chi connectivity index (χ4n) is 5.91. The van der Waals surface area contributed by atoms with Crippen molar-refractivity contribution >= 4 is 51.5 Å². The number of anilines is 1. The van der Waals surface area contributed by atoms with E-state index in [1.54, 1.807) is 28.8 Å². The van der Waals surface area contributed by atoms with Crippen molar-refractivity contribution in [2.75, 3.05) is 18.4 Å². The first-order valence-electron chi connectivity index (χ1n) is 12.3. The van der Waals surface area contributed by atoms with Gasteiger partial charge in [-0.05, 0) is 37.2 Å². The molecule has 184 valence electrons. The quantitative estimate of drug-likeness (QED) is 0.286. The molecule has 1 saturated carbocycles. The summed E-state index contributed by atoms with van der Waals surface area (Å²) in [5, 5.41) is 5.85. The number of halogens is 3. The number of benzene rings is 2. The SMILES string of the molecule is CC.O=c1ccc2c(-c3ccccc3Cl)nc(NC3C4CCN5CC435)cc2n1-c1c(Cl)cccc1Cl. The largest absolute Gasteiger partial charge is 0.365 e. The summed E-state index contributed by atoms with van der Waals surface area (Å²) in [4.78, 5) is 20.7. The monoisotopic (exact) mass is 538 g/mol. The zero-order chi connectivity index (χ0) is 25.2. The van der Waals surface area contributed by atoms with E-state index in [0.717, 1.165) is 17.5 Å². The minimum Gasteiger partial charge on any atom is -0.365 e. The summed E-state index contributed by atoms with van der Waals surface area (Å²) in [6.45, 7) is 6.34. The van der Waals surface area contributed by atoms with Crippen LogP contribution in [-0.2, 0) is 0 Å². The molecule has 2 aromatic heterocycles. The van der Waals surface area contributed by atoms with E-state index in [0.29, 0.717) is 55.3 Å². The van der Waals surface area contributed by atoms with Crippen LogP contribution in [0.2, 0.25) is 15.1 Å². The Hall–Kier alpha value is -2.57. The molecule has 4 aromatic rings. The molecule has 3 aliphatic rings. The summed E-state index contributed by atoms with van der Waals surface area (Å²) >= 11 is 19.7. The van der Waals surface area contributed by atoms with Crippen LogP contribution in [-0.4, -0.2) is 39.1 Å². The predicted octanol–water partition coefficient (Wildman–Crippen LogP) is 6.91. The van der Waals surface area contributed by atoms with Crippen molar-refractivity contribution < 1.29 is 0 Å². The number of piperidine rings is 2. The molecule has 4 atom stereocenters. The Balaban J connectivity index is 0.00000117. The number of hydrogen-bond acceptors (Lipinski definition) is 4. The number of aromatic nitrogens is 2. The second kappa shape index (κ2) is 8.77. The molecule has 4 unspecified atom stereocenters. The molecule has 1 aliphatic carbocycles. The van der Waals surface area contributed by atoms with E-state index >= 15 is 0 Å². The zero-order valence-corrected chi connectivity index (χ0v) is 22.2. The Morgan fingerprint density at radius 1 is 0.972 bits per heavy atom. The maximum Gasteiger partial charge on any atom is 0.255 e. The van der Waals surface area contributed by atoms with Crippen molar-refractivity contribution in [3.63, 3.8) is 0 Å². The number of nitrogens with one attached hydrogen (secondary N) is 1. The Kier molecular flexibility index (Phi) is 5.80. The molecule has 5 nitrogen and oxygen atoms in total. The van der Waals surface area contributed by atoms with Gasteiger partial charge >= 0.3 is 0 Å². The number of para-hydroxylation sites is 1. The van der Waals surface area contributed by atoms with Gasteiger partial charge in [-0.15, -0.1) is 0 Å². The van der Waals surface area contributed by atoms with Crippen molar-refractivity contribution in [3.8, 4) is 16.9 Å². The van der Waals surface area contributed by atoms with Gasteiger partial charge in [0.05, 0.1) is 38.5 Å². The number of hydrogen-bond donors (Lipinski definition) is 1. The highest BCUT2D eigenvalue weighted by atomic mass is 35.5. The van der Waals surface area contributed by atoms with Gasteiger partial charge in [-0.2, -0.15) is 0 Å². The first kappa shape index (κ1) is 23.8. The molecule has 0 amide bonds. The summed E-state index contributed by atoms with van der Waals surface area (Å²) in [5.41, 5.74) is 2.72. The highest BCUT2D eigenvalue weighted by Gasteiger charge is 2.80. The molecule has 3 fully saturated rings. The van der Waals surface area contributed by atoms with Crippen LogP contribution in [0.25, 0.3) is 27.8 Å². The minimum atomic E-state index is -0.222. The summed E-state index contributed by atoms with van der Waals surface area (Å²) in [6.07, 6.45) is 1.21. The molecule has 0 radical (unpaired) electrons. The lowest BCUT2D eigenvalue weighted by Gasteiger charge is -2.18. The number of nitrogens with zero attached hydrogens (tertiary/aromatic N) is 3. The maximum absolute atomic E-state index is 13.2. The summed E-state index contributed by atoms with van der Waals surface area (Å²) in [7, 11) is 0. The minimum absolute atomic E-state index is 0.222. The molecule has 7 rings (SSSR count). The Morgan fingerprint density at radius 2 is 1.69 bits per heavy atom. The van der Waals surface area contributed by atoms with Gasteiger partial charge in [-0.25, -0.2) is 4.98 Å². The van der Waals surface area contributed by atoms with E-state index in [9.17, 15) is 4.79 Å². The third-order valence-electron chi connectivity index (χ3n) is 7.60. The fraction of sp³-hybridized carbons (Fsp3) is 0.286. The molecule has 1 spiro atoms. The molecular formula is C28H25Cl3N4O. The Bertz CT molecular complexity index is 1550. The van der Waals surface area contributed by atoms with Crippen molar-refractivity contribution in [1.82, 2.24) is 14.5 Å². The maximum atomic E-state index is 13.2. The summed E-state index contributed by atoms with van der Waals surface area (Å²) in [5.74, 6) is 1.37. The van der Waals surface area contributed by atoms with E-state index < -0.39 is 0 Å². The Labute approximate surface area is 224 Å². The average Bonchev–Trinajstić information content (AvgIpc) is 3.72. The van der Waals surface area contributed by atoms with Crippen LogP contribution in [0.5, 0.6) is 0 Å². The lowest BCUT2D eigenvalue weighted by molar-refractivity contribution is 0.531. The van der Waals surface area contributed by atoms with Gasteiger partial charge in [0.2, 0.25) is 0 Å². The van der Waals surface area contributed by atoms with Crippen LogP contribution in [0.15, 0.2) is 65.5 Å². The standard InChI is InChI=1S/C26H19Cl3N4O.C2H6/c27-17-5-2-1-4-14(17)23-15-8-9-22(34)33(24-18(28)6-3-7-19(24)29)20(15)12-21(30-23)31-25-16-10-11-32-13-26(16,25)32;1-2/h1-9,12,16,25H,10-11,13H2,(H,30,31);1-2H3. The molecular weight excluding hydrogens is 515 g/mol. The van der Waals surface area contributed by atoms with E-state index in [1.807, 2.05) is 44.2 Å². The normalized spacial score (nSPS) is 25.0. The summed E-state index contributed by atoms with van der Waals surface area (Å²) in [6, 6.07) is 18.4.